The number of halogens is 1. The van der Waals surface area contributed by atoms with E-state index >= 15 is 0 Å². The third-order valence-corrected chi connectivity index (χ3v) is 2.75. The number of alkyl halides is 1. The van der Waals surface area contributed by atoms with Gasteiger partial charge in [-0.05, 0) is 12.8 Å². The van der Waals surface area contributed by atoms with Crippen molar-refractivity contribution in [2.24, 2.45) is 0 Å². The Labute approximate surface area is 61.4 Å². The maximum Gasteiger partial charge on any atom is 0.153 e. The maximum atomic E-state index is 4.96. The lowest BCUT2D eigenvalue weighted by Gasteiger charge is -1.95. The third-order valence-electron chi connectivity index (χ3n) is 1.57. The normalized spacial score (nSPS) is 21.9. The zero-order valence-electron chi connectivity index (χ0n) is 4.80. The molecular formula is C6H6BrNO. The molecule has 0 aliphatic heterocycles. The number of nitrogens with zero attached hydrogens (tertiary/aromatic N) is 1. The number of hydrogen-bond acceptors (Lipinski definition) is 2. The second-order valence-electron chi connectivity index (χ2n) is 2.34. The molecule has 0 spiro atoms. The molecule has 0 radical (unpaired) electrons. The Hall–Kier alpha value is -0.310. The van der Waals surface area contributed by atoms with Crippen molar-refractivity contribution in [2.75, 3.05) is 0 Å². The van der Waals surface area contributed by atoms with Gasteiger partial charge >= 0.3 is 0 Å². The van der Waals surface area contributed by atoms with E-state index in [0.717, 1.165) is 5.76 Å². The topological polar surface area (TPSA) is 26.0 Å². The SMILES string of the molecule is BrC1(c2ccno2)CC1. The Balaban J connectivity index is 2.34. The molecule has 2 rings (SSSR count). The smallest absolute Gasteiger partial charge is 0.153 e. The quantitative estimate of drug-likeness (QED) is 0.630. The maximum absolute atomic E-state index is 4.96. The van der Waals surface area contributed by atoms with Gasteiger partial charge in [-0.1, -0.05) is 21.1 Å². The monoisotopic (exact) mass is 187 g/mol. The van der Waals surface area contributed by atoms with Crippen LogP contribution in [0.4, 0.5) is 0 Å². The fourth-order valence-electron chi connectivity index (χ4n) is 0.803. The van der Waals surface area contributed by atoms with Crippen LogP contribution in [-0.4, -0.2) is 5.16 Å². The highest BCUT2D eigenvalue weighted by Crippen LogP contribution is 2.53. The average molecular weight is 188 g/mol. The second kappa shape index (κ2) is 1.59. The highest BCUT2D eigenvalue weighted by atomic mass is 79.9. The first-order valence-corrected chi connectivity index (χ1v) is 3.71. The molecule has 0 saturated heterocycles. The van der Waals surface area contributed by atoms with Crippen LogP contribution in [0.1, 0.15) is 18.6 Å². The molecule has 2 nitrogen and oxygen atoms in total. The van der Waals surface area contributed by atoms with E-state index < -0.39 is 0 Å². The summed E-state index contributed by atoms with van der Waals surface area (Å²) in [5.41, 5.74) is 0. The standard InChI is InChI=1S/C6H6BrNO/c7-6(2-3-6)5-1-4-8-9-5/h1,4H,2-3H2. The van der Waals surface area contributed by atoms with Crippen molar-refractivity contribution in [1.29, 1.82) is 0 Å². The Morgan fingerprint density at radius 3 is 2.89 bits per heavy atom. The average Bonchev–Trinajstić information content (AvgIpc) is 2.46. The van der Waals surface area contributed by atoms with Crippen LogP contribution < -0.4 is 0 Å². The van der Waals surface area contributed by atoms with Crippen LogP contribution in [0.15, 0.2) is 16.8 Å². The fraction of sp³-hybridized carbons (Fsp3) is 0.500. The first-order chi connectivity index (χ1) is 4.31. The minimum absolute atomic E-state index is 0.156. The molecule has 0 aromatic carbocycles. The molecule has 3 heteroatoms. The molecule has 0 unspecified atom stereocenters. The summed E-state index contributed by atoms with van der Waals surface area (Å²) in [6, 6.07) is 1.90. The molecule has 1 aliphatic rings. The lowest BCUT2D eigenvalue weighted by molar-refractivity contribution is 0.379. The molecule has 1 aromatic heterocycles. The van der Waals surface area contributed by atoms with E-state index in [1.165, 1.54) is 12.8 Å². The van der Waals surface area contributed by atoms with E-state index in [4.69, 9.17) is 4.52 Å². The zero-order valence-corrected chi connectivity index (χ0v) is 6.39. The van der Waals surface area contributed by atoms with Gasteiger partial charge in [0.25, 0.3) is 0 Å². The number of rotatable bonds is 1. The van der Waals surface area contributed by atoms with Gasteiger partial charge in [0.1, 0.15) is 0 Å². The first kappa shape index (κ1) is 5.47. The molecule has 1 aliphatic carbocycles. The molecule has 9 heavy (non-hydrogen) atoms. The molecule has 48 valence electrons. The molecule has 0 N–H and O–H groups in total. The molecule has 1 saturated carbocycles. The van der Waals surface area contributed by atoms with E-state index in [-0.39, 0.29) is 4.32 Å². The lowest BCUT2D eigenvalue weighted by Crippen LogP contribution is -1.89. The Morgan fingerprint density at radius 2 is 2.44 bits per heavy atom. The van der Waals surface area contributed by atoms with Crippen LogP contribution in [0.25, 0.3) is 0 Å². The predicted octanol–water partition coefficient (Wildman–Crippen LogP) is 2.06. The highest BCUT2D eigenvalue weighted by molar-refractivity contribution is 9.09. The minimum Gasteiger partial charge on any atom is -0.360 e. The third kappa shape index (κ3) is 0.796. The van der Waals surface area contributed by atoms with Gasteiger partial charge in [-0.2, -0.15) is 0 Å². The van der Waals surface area contributed by atoms with Crippen molar-refractivity contribution >= 4 is 15.9 Å². The van der Waals surface area contributed by atoms with E-state index in [0.29, 0.717) is 0 Å². The van der Waals surface area contributed by atoms with Gasteiger partial charge < -0.3 is 4.52 Å². The van der Waals surface area contributed by atoms with Gasteiger partial charge in [0, 0.05) is 6.07 Å². The summed E-state index contributed by atoms with van der Waals surface area (Å²) in [6.07, 6.45) is 4.01. The molecule has 1 heterocycles. The minimum atomic E-state index is 0.156. The van der Waals surface area contributed by atoms with Crippen molar-refractivity contribution in [3.63, 3.8) is 0 Å². The van der Waals surface area contributed by atoms with Crippen LogP contribution in [0.3, 0.4) is 0 Å². The van der Waals surface area contributed by atoms with Gasteiger partial charge in [0.15, 0.2) is 5.76 Å². The first-order valence-electron chi connectivity index (χ1n) is 2.91. The summed E-state index contributed by atoms with van der Waals surface area (Å²) in [4.78, 5) is 0. The van der Waals surface area contributed by atoms with E-state index in [9.17, 15) is 0 Å². The Bertz CT molecular complexity index is 203. The lowest BCUT2D eigenvalue weighted by atomic mass is 10.3. The van der Waals surface area contributed by atoms with Crippen LogP contribution in [0, 0.1) is 0 Å². The zero-order chi connectivity index (χ0) is 6.32. The van der Waals surface area contributed by atoms with Crippen molar-refractivity contribution in [1.82, 2.24) is 5.16 Å². The number of hydrogen-bond donors (Lipinski definition) is 0. The van der Waals surface area contributed by atoms with Gasteiger partial charge in [0.05, 0.1) is 10.5 Å². The second-order valence-corrected chi connectivity index (χ2v) is 3.86. The molecule has 0 bridgehead atoms. The van der Waals surface area contributed by atoms with E-state index in [1.807, 2.05) is 6.07 Å². The molecule has 0 amide bonds. The predicted molar refractivity (Wildman–Crippen MR) is 36.3 cm³/mol. The van der Waals surface area contributed by atoms with Crippen LogP contribution >= 0.6 is 15.9 Å². The van der Waals surface area contributed by atoms with Crippen molar-refractivity contribution in [2.45, 2.75) is 17.2 Å². The van der Waals surface area contributed by atoms with Gasteiger partial charge in [-0.15, -0.1) is 0 Å². The largest absolute Gasteiger partial charge is 0.360 e. The van der Waals surface area contributed by atoms with Crippen molar-refractivity contribution in [3.05, 3.63) is 18.0 Å². The summed E-state index contributed by atoms with van der Waals surface area (Å²) in [7, 11) is 0. The van der Waals surface area contributed by atoms with Crippen LogP contribution in [0.2, 0.25) is 0 Å². The van der Waals surface area contributed by atoms with E-state index in [2.05, 4.69) is 21.1 Å². The summed E-state index contributed by atoms with van der Waals surface area (Å²) in [5, 5.41) is 3.62. The molecule has 1 fully saturated rings. The van der Waals surface area contributed by atoms with E-state index in [1.54, 1.807) is 6.20 Å². The fourth-order valence-corrected chi connectivity index (χ4v) is 1.21. The molecular weight excluding hydrogens is 182 g/mol. The molecule has 1 aromatic rings. The Morgan fingerprint density at radius 1 is 1.67 bits per heavy atom. The van der Waals surface area contributed by atoms with Crippen LogP contribution in [-0.2, 0) is 4.32 Å². The molecule has 0 atom stereocenters. The van der Waals surface area contributed by atoms with Crippen molar-refractivity contribution < 1.29 is 4.52 Å². The van der Waals surface area contributed by atoms with Gasteiger partial charge in [-0.3, -0.25) is 0 Å². The van der Waals surface area contributed by atoms with Crippen LogP contribution in [0.5, 0.6) is 0 Å². The summed E-state index contributed by atoms with van der Waals surface area (Å²) >= 11 is 3.54. The number of aromatic nitrogens is 1. The van der Waals surface area contributed by atoms with Gasteiger partial charge in [0.2, 0.25) is 0 Å². The van der Waals surface area contributed by atoms with Crippen molar-refractivity contribution in [3.8, 4) is 0 Å². The summed E-state index contributed by atoms with van der Waals surface area (Å²) < 4.78 is 5.12. The summed E-state index contributed by atoms with van der Waals surface area (Å²) in [5.74, 6) is 0.961. The Kier molecular flexibility index (Phi) is 0.970. The van der Waals surface area contributed by atoms with Gasteiger partial charge in [-0.25, -0.2) is 0 Å². The summed E-state index contributed by atoms with van der Waals surface area (Å²) in [6.45, 7) is 0. The highest BCUT2D eigenvalue weighted by Gasteiger charge is 2.44.